The highest BCUT2D eigenvalue weighted by Gasteiger charge is 2.07. The second-order valence-corrected chi connectivity index (χ2v) is 7.10. The minimum Gasteiger partial charge on any atom is -0.493 e. The maximum absolute atomic E-state index is 11.9. The van der Waals surface area contributed by atoms with Crippen LogP contribution in [-0.4, -0.2) is 30.8 Å². The number of anilines is 1. The van der Waals surface area contributed by atoms with E-state index in [9.17, 15) is 4.79 Å². The van der Waals surface area contributed by atoms with Crippen molar-refractivity contribution in [1.29, 1.82) is 0 Å². The molecular weight excluding hydrogens is 531 g/mol. The van der Waals surface area contributed by atoms with Gasteiger partial charge in [-0.1, -0.05) is 30.3 Å². The van der Waals surface area contributed by atoms with E-state index in [0.29, 0.717) is 37.2 Å². The van der Waals surface area contributed by atoms with Gasteiger partial charge in [0.05, 0.1) is 26.8 Å². The number of rotatable bonds is 9. The number of methoxy groups -OCH3 is 1. The van der Waals surface area contributed by atoms with E-state index in [4.69, 9.17) is 14.5 Å². The lowest BCUT2D eigenvalue weighted by atomic mass is 10.1. The van der Waals surface area contributed by atoms with Crippen LogP contribution in [0.25, 0.3) is 0 Å². The van der Waals surface area contributed by atoms with E-state index in [0.717, 1.165) is 23.4 Å². The summed E-state index contributed by atoms with van der Waals surface area (Å²) in [5.74, 6) is 2.06. The van der Waals surface area contributed by atoms with Crippen molar-refractivity contribution in [2.24, 2.45) is 4.99 Å². The van der Waals surface area contributed by atoms with Gasteiger partial charge in [0.2, 0.25) is 0 Å². The van der Waals surface area contributed by atoms with Crippen molar-refractivity contribution >= 4 is 35.6 Å². The van der Waals surface area contributed by atoms with Crippen LogP contribution in [0, 0.1) is 0 Å². The van der Waals surface area contributed by atoms with E-state index in [-0.39, 0.29) is 29.5 Å². The van der Waals surface area contributed by atoms with Gasteiger partial charge >= 0.3 is 0 Å². The zero-order valence-electron chi connectivity index (χ0n) is 19.2. The van der Waals surface area contributed by atoms with Crippen molar-refractivity contribution in [3.63, 3.8) is 0 Å². The number of ether oxygens (including phenoxy) is 2. The molecule has 0 amide bonds. The van der Waals surface area contributed by atoms with Gasteiger partial charge < -0.3 is 24.7 Å². The van der Waals surface area contributed by atoms with E-state index >= 15 is 0 Å². The van der Waals surface area contributed by atoms with Gasteiger partial charge in [0.25, 0.3) is 5.56 Å². The summed E-state index contributed by atoms with van der Waals surface area (Å²) in [4.78, 5) is 16.6. The molecule has 3 rings (SSSR count). The fraction of sp³-hybridized carbons (Fsp3) is 0.280. The van der Waals surface area contributed by atoms with Crippen LogP contribution in [0.3, 0.4) is 0 Å². The molecule has 2 aromatic carbocycles. The molecule has 0 aliphatic carbocycles. The zero-order chi connectivity index (χ0) is 22.8. The summed E-state index contributed by atoms with van der Waals surface area (Å²) in [6, 6.07) is 19.0. The lowest BCUT2D eigenvalue weighted by Crippen LogP contribution is -2.30. The Morgan fingerprint density at radius 3 is 2.42 bits per heavy atom. The number of halogens is 1. The molecule has 3 aromatic rings. The summed E-state index contributed by atoms with van der Waals surface area (Å²) >= 11 is 0. The topological polar surface area (TPSA) is 76.9 Å². The van der Waals surface area contributed by atoms with E-state index in [1.165, 1.54) is 0 Å². The molecule has 0 aliphatic heterocycles. The van der Waals surface area contributed by atoms with Crippen molar-refractivity contribution in [1.82, 2.24) is 9.88 Å². The molecule has 0 spiro atoms. The molecule has 8 heteroatoms. The summed E-state index contributed by atoms with van der Waals surface area (Å²) in [5.41, 5.74) is 3.00. The molecule has 0 atom stereocenters. The van der Waals surface area contributed by atoms with Gasteiger partial charge in [-0.3, -0.25) is 4.79 Å². The lowest BCUT2D eigenvalue weighted by Gasteiger charge is -2.14. The average molecular weight is 562 g/mol. The van der Waals surface area contributed by atoms with Gasteiger partial charge in [0.15, 0.2) is 17.5 Å². The first-order valence-electron chi connectivity index (χ1n) is 10.7. The van der Waals surface area contributed by atoms with Crippen molar-refractivity contribution in [3.05, 3.63) is 88.3 Å². The Morgan fingerprint density at radius 2 is 1.76 bits per heavy atom. The third-order valence-electron chi connectivity index (χ3n) is 4.77. The normalized spacial score (nSPS) is 10.8. The molecule has 0 aliphatic rings. The summed E-state index contributed by atoms with van der Waals surface area (Å²) < 4.78 is 12.7. The Hall–Kier alpha value is -3.01. The molecule has 7 nitrogen and oxygen atoms in total. The molecule has 33 heavy (non-hydrogen) atoms. The van der Waals surface area contributed by atoms with Crippen molar-refractivity contribution < 1.29 is 9.47 Å². The molecule has 0 unspecified atom stereocenters. The van der Waals surface area contributed by atoms with E-state index < -0.39 is 0 Å². The monoisotopic (exact) mass is 562 g/mol. The highest BCUT2D eigenvalue weighted by molar-refractivity contribution is 14.0. The van der Waals surface area contributed by atoms with Gasteiger partial charge in [0, 0.05) is 30.6 Å². The molecule has 0 fully saturated rings. The zero-order valence-corrected chi connectivity index (χ0v) is 21.5. The Morgan fingerprint density at radius 1 is 1.00 bits per heavy atom. The largest absolute Gasteiger partial charge is 0.493 e. The van der Waals surface area contributed by atoms with Gasteiger partial charge in [-0.25, -0.2) is 4.99 Å². The van der Waals surface area contributed by atoms with Gasteiger partial charge in [-0.05, 0) is 43.2 Å². The molecule has 176 valence electrons. The number of benzene rings is 2. The molecule has 1 heterocycles. The van der Waals surface area contributed by atoms with Crippen LogP contribution in [0.1, 0.15) is 25.0 Å². The number of hydrogen-bond acceptors (Lipinski definition) is 4. The highest BCUT2D eigenvalue weighted by Crippen LogP contribution is 2.30. The predicted molar refractivity (Wildman–Crippen MR) is 144 cm³/mol. The Kier molecular flexibility index (Phi) is 10.8. The molecule has 2 N–H and O–H groups in total. The third-order valence-corrected chi connectivity index (χ3v) is 4.77. The number of guanidine groups is 1. The SMILES string of the molecule is CCNC(=NCc1ccc(Cn2ccccc2=O)cc1)Nc1ccc(OC)c(OCC)c1.I. The number of pyridine rings is 1. The highest BCUT2D eigenvalue weighted by atomic mass is 127. The maximum atomic E-state index is 11.9. The summed E-state index contributed by atoms with van der Waals surface area (Å²) in [6.45, 7) is 6.34. The second-order valence-electron chi connectivity index (χ2n) is 7.10. The Bertz CT molecular complexity index is 1100. The maximum Gasteiger partial charge on any atom is 0.250 e. The minimum absolute atomic E-state index is 0. The van der Waals surface area contributed by atoms with Crippen LogP contribution in [0.4, 0.5) is 5.69 Å². The van der Waals surface area contributed by atoms with Gasteiger partial charge in [-0.2, -0.15) is 0 Å². The first-order chi connectivity index (χ1) is 15.6. The average Bonchev–Trinajstić information content (AvgIpc) is 2.80. The minimum atomic E-state index is -0.00596. The van der Waals surface area contributed by atoms with Crippen LogP contribution >= 0.6 is 24.0 Å². The van der Waals surface area contributed by atoms with Gasteiger partial charge in [-0.15, -0.1) is 24.0 Å². The molecule has 1 aromatic heterocycles. The third kappa shape index (κ3) is 7.81. The summed E-state index contributed by atoms with van der Waals surface area (Å²) in [7, 11) is 1.62. The summed E-state index contributed by atoms with van der Waals surface area (Å²) in [6.07, 6.45) is 1.80. The Labute approximate surface area is 211 Å². The fourth-order valence-electron chi connectivity index (χ4n) is 3.17. The van der Waals surface area contributed by atoms with E-state index in [1.54, 1.807) is 30.0 Å². The molecular formula is C25H31IN4O3. The second kappa shape index (κ2) is 13.5. The number of nitrogens with zero attached hydrogens (tertiary/aromatic N) is 2. The lowest BCUT2D eigenvalue weighted by molar-refractivity contribution is 0.311. The molecule has 0 saturated heterocycles. The van der Waals surface area contributed by atoms with Crippen molar-refractivity contribution in [3.8, 4) is 11.5 Å². The summed E-state index contributed by atoms with van der Waals surface area (Å²) in [5, 5.41) is 6.58. The van der Waals surface area contributed by atoms with Crippen LogP contribution < -0.4 is 25.7 Å². The standard InChI is InChI=1S/C25H30N4O3.HI/c1-4-26-25(28-21-13-14-22(31-3)23(16-21)32-5-2)27-17-19-9-11-20(12-10-19)18-29-15-7-6-8-24(29)30;/h6-16H,4-5,17-18H2,1-3H3,(H2,26,27,28);1H. The van der Waals surface area contributed by atoms with Crippen molar-refractivity contribution in [2.75, 3.05) is 25.6 Å². The predicted octanol–water partition coefficient (Wildman–Crippen LogP) is 4.50. The Balaban J connectivity index is 0.00000385. The quantitative estimate of drug-likeness (QED) is 0.228. The number of hydrogen-bond donors (Lipinski definition) is 2. The van der Waals surface area contributed by atoms with Gasteiger partial charge in [0.1, 0.15) is 0 Å². The smallest absolute Gasteiger partial charge is 0.250 e. The van der Waals surface area contributed by atoms with Crippen LogP contribution in [0.15, 0.2) is 76.6 Å². The van der Waals surface area contributed by atoms with Crippen molar-refractivity contribution in [2.45, 2.75) is 26.9 Å². The van der Waals surface area contributed by atoms with Crippen LogP contribution in [0.2, 0.25) is 0 Å². The first-order valence-corrected chi connectivity index (χ1v) is 10.7. The molecule has 0 saturated carbocycles. The van der Waals surface area contributed by atoms with E-state index in [1.807, 2.05) is 62.4 Å². The fourth-order valence-corrected chi connectivity index (χ4v) is 3.17. The number of aromatic nitrogens is 1. The first kappa shape index (κ1) is 26.2. The van der Waals surface area contributed by atoms with E-state index in [2.05, 4.69) is 10.6 Å². The number of aliphatic imine (C=N–C) groups is 1. The molecule has 0 radical (unpaired) electrons. The van der Waals surface area contributed by atoms with Crippen LogP contribution in [-0.2, 0) is 13.1 Å². The molecule has 0 bridgehead atoms. The number of nitrogens with one attached hydrogen (secondary N) is 2. The van der Waals surface area contributed by atoms with Crippen LogP contribution in [0.5, 0.6) is 11.5 Å².